The minimum Gasteiger partial charge on any atom is -0.486 e. The molecule has 1 aliphatic heterocycles. The summed E-state index contributed by atoms with van der Waals surface area (Å²) < 4.78 is 23.2. The van der Waals surface area contributed by atoms with Crippen LogP contribution in [0.2, 0.25) is 0 Å². The molecule has 1 atom stereocenters. The van der Waals surface area contributed by atoms with Crippen molar-refractivity contribution in [3.63, 3.8) is 0 Å². The fourth-order valence-corrected chi connectivity index (χ4v) is 3.90. The van der Waals surface area contributed by atoms with Crippen LogP contribution in [-0.2, 0) is 15.6 Å². The quantitative estimate of drug-likeness (QED) is 0.900. The first kappa shape index (κ1) is 15.3. The number of rotatable bonds is 5. The average molecular weight is 323 g/mol. The van der Waals surface area contributed by atoms with Crippen LogP contribution in [0, 0.1) is 0 Å². The maximum atomic E-state index is 12.3. The van der Waals surface area contributed by atoms with Gasteiger partial charge >= 0.3 is 0 Å². The van der Waals surface area contributed by atoms with Crippen LogP contribution in [0.15, 0.2) is 23.1 Å². The third kappa shape index (κ3) is 3.80. The molecule has 5 nitrogen and oxygen atoms in total. The second-order valence-electron chi connectivity index (χ2n) is 5.65. The predicted molar refractivity (Wildman–Crippen MR) is 83.7 cm³/mol. The SMILES string of the molecule is O=C(CC[S@](=O)c1ccc2c(c1)OCCO2)NC1CCCC1. The van der Waals surface area contributed by atoms with E-state index < -0.39 is 10.8 Å². The number of ether oxygens (including phenoxy) is 2. The Kier molecular flexibility index (Phi) is 4.97. The zero-order chi connectivity index (χ0) is 15.4. The van der Waals surface area contributed by atoms with Gasteiger partial charge in [0.25, 0.3) is 0 Å². The van der Waals surface area contributed by atoms with Gasteiger partial charge in [0, 0.05) is 29.2 Å². The Balaban J connectivity index is 1.52. The molecule has 0 saturated heterocycles. The van der Waals surface area contributed by atoms with Gasteiger partial charge < -0.3 is 14.8 Å². The molecule has 1 amide bonds. The van der Waals surface area contributed by atoms with Crippen molar-refractivity contribution in [2.75, 3.05) is 19.0 Å². The zero-order valence-corrected chi connectivity index (χ0v) is 13.3. The Morgan fingerprint density at radius 1 is 1.18 bits per heavy atom. The van der Waals surface area contributed by atoms with Gasteiger partial charge in [0.05, 0.1) is 10.8 Å². The third-order valence-electron chi connectivity index (χ3n) is 4.01. The number of benzene rings is 1. The van der Waals surface area contributed by atoms with Crippen LogP contribution in [0.25, 0.3) is 0 Å². The van der Waals surface area contributed by atoms with E-state index in [1.807, 2.05) is 0 Å². The Morgan fingerprint density at radius 2 is 1.91 bits per heavy atom. The standard InChI is InChI=1S/C16H21NO4S/c18-16(17-12-3-1-2-4-12)7-10-22(19)13-5-6-14-15(11-13)21-9-8-20-14/h5-6,11-12H,1-4,7-10H2,(H,17,18)/t22-/m0/s1. The van der Waals surface area contributed by atoms with E-state index in [4.69, 9.17) is 9.47 Å². The van der Waals surface area contributed by atoms with Crippen LogP contribution < -0.4 is 14.8 Å². The van der Waals surface area contributed by atoms with Gasteiger partial charge in [-0.25, -0.2) is 0 Å². The summed E-state index contributed by atoms with van der Waals surface area (Å²) in [4.78, 5) is 12.6. The molecule has 1 N–H and O–H groups in total. The molecule has 6 heteroatoms. The smallest absolute Gasteiger partial charge is 0.221 e. The molecule has 0 bridgehead atoms. The van der Waals surface area contributed by atoms with Gasteiger partial charge in [-0.1, -0.05) is 12.8 Å². The van der Waals surface area contributed by atoms with Gasteiger partial charge in [0.2, 0.25) is 5.91 Å². The van der Waals surface area contributed by atoms with Crippen LogP contribution in [0.4, 0.5) is 0 Å². The number of nitrogens with one attached hydrogen (secondary N) is 1. The summed E-state index contributed by atoms with van der Waals surface area (Å²) in [6.45, 7) is 1.05. The van der Waals surface area contributed by atoms with Gasteiger partial charge in [0.1, 0.15) is 13.2 Å². The Labute approximate surface area is 132 Å². The Hall–Kier alpha value is -1.56. The monoisotopic (exact) mass is 323 g/mol. The van der Waals surface area contributed by atoms with Crippen molar-refractivity contribution in [1.29, 1.82) is 0 Å². The van der Waals surface area contributed by atoms with E-state index in [0.29, 0.717) is 41.4 Å². The molecular formula is C16H21NO4S. The van der Waals surface area contributed by atoms with E-state index in [2.05, 4.69) is 5.32 Å². The van der Waals surface area contributed by atoms with Crippen LogP contribution >= 0.6 is 0 Å². The van der Waals surface area contributed by atoms with E-state index >= 15 is 0 Å². The number of amides is 1. The maximum absolute atomic E-state index is 12.3. The van der Waals surface area contributed by atoms with Crippen LogP contribution in [0.1, 0.15) is 32.1 Å². The number of fused-ring (bicyclic) bond motifs is 1. The van der Waals surface area contributed by atoms with Gasteiger partial charge in [-0.3, -0.25) is 9.00 Å². The molecule has 0 unspecified atom stereocenters. The lowest BCUT2D eigenvalue weighted by Gasteiger charge is -2.18. The van der Waals surface area contributed by atoms with Crippen LogP contribution in [0.3, 0.4) is 0 Å². The summed E-state index contributed by atoms with van der Waals surface area (Å²) in [6, 6.07) is 5.62. The fraction of sp³-hybridized carbons (Fsp3) is 0.562. The van der Waals surface area contributed by atoms with Crippen molar-refractivity contribution < 1.29 is 18.5 Å². The zero-order valence-electron chi connectivity index (χ0n) is 12.5. The second kappa shape index (κ2) is 7.13. The fourth-order valence-electron chi connectivity index (χ4n) is 2.84. The van der Waals surface area contributed by atoms with Crippen molar-refractivity contribution in [3.8, 4) is 11.5 Å². The van der Waals surface area contributed by atoms with Crippen molar-refractivity contribution in [2.24, 2.45) is 0 Å². The van der Waals surface area contributed by atoms with E-state index in [1.54, 1.807) is 18.2 Å². The summed E-state index contributed by atoms with van der Waals surface area (Å²) in [7, 11) is -1.20. The van der Waals surface area contributed by atoms with Gasteiger partial charge in [-0.15, -0.1) is 0 Å². The minimum absolute atomic E-state index is 0.00204. The maximum Gasteiger partial charge on any atom is 0.221 e. The number of carbonyl (C=O) groups excluding carboxylic acids is 1. The number of hydrogen-bond donors (Lipinski definition) is 1. The molecule has 0 spiro atoms. The molecule has 120 valence electrons. The van der Waals surface area contributed by atoms with Gasteiger partial charge in [0.15, 0.2) is 11.5 Å². The molecule has 0 aromatic heterocycles. The molecule has 3 rings (SSSR count). The topological polar surface area (TPSA) is 64.6 Å². The lowest BCUT2D eigenvalue weighted by atomic mass is 10.2. The highest BCUT2D eigenvalue weighted by molar-refractivity contribution is 7.85. The molecule has 1 aromatic rings. The lowest BCUT2D eigenvalue weighted by Crippen LogP contribution is -2.33. The molecule has 2 aliphatic rings. The average Bonchev–Trinajstić information content (AvgIpc) is 3.05. The predicted octanol–water partition coefficient (Wildman–Crippen LogP) is 2.01. The molecule has 1 fully saturated rings. The highest BCUT2D eigenvalue weighted by atomic mass is 32.2. The minimum atomic E-state index is -1.20. The summed E-state index contributed by atoms with van der Waals surface area (Å²) >= 11 is 0. The third-order valence-corrected chi connectivity index (χ3v) is 5.37. The Bertz CT molecular complexity index is 569. The first-order valence-corrected chi connectivity index (χ1v) is 9.11. The normalized spacial score (nSPS) is 18.9. The van der Waals surface area contributed by atoms with Crippen LogP contribution in [0.5, 0.6) is 11.5 Å². The molecule has 1 aliphatic carbocycles. The molecular weight excluding hydrogens is 302 g/mol. The highest BCUT2D eigenvalue weighted by Gasteiger charge is 2.18. The largest absolute Gasteiger partial charge is 0.486 e. The molecule has 1 aromatic carbocycles. The van der Waals surface area contributed by atoms with E-state index in [9.17, 15) is 9.00 Å². The number of carbonyl (C=O) groups is 1. The van der Waals surface area contributed by atoms with Gasteiger partial charge in [-0.05, 0) is 25.0 Å². The lowest BCUT2D eigenvalue weighted by molar-refractivity contribution is -0.121. The van der Waals surface area contributed by atoms with Crippen molar-refractivity contribution in [2.45, 2.75) is 43.0 Å². The summed E-state index contributed by atoms with van der Waals surface area (Å²) in [5, 5.41) is 3.02. The second-order valence-corrected chi connectivity index (χ2v) is 7.22. The van der Waals surface area contributed by atoms with E-state index in [-0.39, 0.29) is 12.3 Å². The van der Waals surface area contributed by atoms with Crippen molar-refractivity contribution in [1.82, 2.24) is 5.32 Å². The molecule has 1 saturated carbocycles. The summed E-state index contributed by atoms with van der Waals surface area (Å²) in [5.74, 6) is 1.65. The highest BCUT2D eigenvalue weighted by Crippen LogP contribution is 2.31. The van der Waals surface area contributed by atoms with Crippen molar-refractivity contribution in [3.05, 3.63) is 18.2 Å². The molecule has 0 radical (unpaired) electrons. The summed E-state index contributed by atoms with van der Waals surface area (Å²) in [6.07, 6.45) is 4.80. The molecule has 1 heterocycles. The van der Waals surface area contributed by atoms with Crippen LogP contribution in [-0.4, -0.2) is 35.1 Å². The first-order chi connectivity index (χ1) is 10.7. The first-order valence-electron chi connectivity index (χ1n) is 7.80. The van der Waals surface area contributed by atoms with E-state index in [0.717, 1.165) is 12.8 Å². The summed E-state index contributed by atoms with van der Waals surface area (Å²) in [5.41, 5.74) is 0. The van der Waals surface area contributed by atoms with E-state index in [1.165, 1.54) is 12.8 Å². The van der Waals surface area contributed by atoms with Crippen molar-refractivity contribution >= 4 is 16.7 Å². The van der Waals surface area contributed by atoms with Gasteiger partial charge in [-0.2, -0.15) is 0 Å². The number of hydrogen-bond acceptors (Lipinski definition) is 4. The Morgan fingerprint density at radius 3 is 2.68 bits per heavy atom. The molecule has 22 heavy (non-hydrogen) atoms.